The summed E-state index contributed by atoms with van der Waals surface area (Å²) in [5.74, 6) is 0. The highest BCUT2D eigenvalue weighted by atomic mass is 17.5. The summed E-state index contributed by atoms with van der Waals surface area (Å²) >= 11 is 0. The summed E-state index contributed by atoms with van der Waals surface area (Å²) in [6.45, 7) is 9.43. The van der Waals surface area contributed by atoms with Crippen molar-refractivity contribution in [1.29, 1.82) is 0 Å². The molecule has 0 unspecified atom stereocenters. The van der Waals surface area contributed by atoms with Gasteiger partial charge in [0.1, 0.15) is 6.61 Å². The van der Waals surface area contributed by atoms with Crippen LogP contribution in [0.25, 0.3) is 0 Å². The van der Waals surface area contributed by atoms with Crippen LogP contribution in [0.4, 0.5) is 4.79 Å². The van der Waals surface area contributed by atoms with Crippen LogP contribution in [0.15, 0.2) is 12.7 Å². The Kier molecular flexibility index (Phi) is 7.53. The minimum Gasteiger partial charge on any atom is -0.430 e. The topological polar surface area (TPSA) is 63.2 Å². The largest absolute Gasteiger partial charge is 0.542 e. The van der Waals surface area contributed by atoms with Gasteiger partial charge in [0, 0.05) is 0 Å². The summed E-state index contributed by atoms with van der Waals surface area (Å²) in [6.07, 6.45) is 0.616. The van der Waals surface area contributed by atoms with Crippen molar-refractivity contribution in [3.8, 4) is 0 Å². The van der Waals surface area contributed by atoms with Gasteiger partial charge in [-0.1, -0.05) is 6.08 Å². The first-order valence-electron chi connectivity index (χ1n) is 4.83. The van der Waals surface area contributed by atoms with Crippen LogP contribution in [-0.4, -0.2) is 31.6 Å². The molecule has 0 spiro atoms. The maximum absolute atomic E-state index is 10.8. The fourth-order valence-electron chi connectivity index (χ4n) is 0.521. The van der Waals surface area contributed by atoms with Crippen molar-refractivity contribution in [2.45, 2.75) is 26.4 Å². The van der Waals surface area contributed by atoms with Crippen molar-refractivity contribution in [2.24, 2.45) is 0 Å². The number of ether oxygens (including phenoxy) is 2. The highest BCUT2D eigenvalue weighted by molar-refractivity contribution is 5.58. The van der Waals surface area contributed by atoms with Crippen LogP contribution in [-0.2, 0) is 24.3 Å². The molecule has 0 aromatic rings. The Morgan fingerprint density at radius 1 is 1.31 bits per heavy atom. The molecule has 6 nitrogen and oxygen atoms in total. The first-order valence-corrected chi connectivity index (χ1v) is 4.83. The second kappa shape index (κ2) is 8.09. The predicted octanol–water partition coefficient (Wildman–Crippen LogP) is 2.00. The highest BCUT2D eigenvalue weighted by Crippen LogP contribution is 2.07. The molecule has 0 fully saturated rings. The van der Waals surface area contributed by atoms with Gasteiger partial charge in [0.15, 0.2) is 0 Å². The summed E-state index contributed by atoms with van der Waals surface area (Å²) in [5, 5.41) is 4.21. The summed E-state index contributed by atoms with van der Waals surface area (Å²) in [5.41, 5.74) is -0.562. The van der Waals surface area contributed by atoms with Gasteiger partial charge in [-0.3, -0.25) is 0 Å². The molecule has 0 aliphatic rings. The molecule has 0 saturated carbocycles. The average molecular weight is 234 g/mol. The lowest BCUT2D eigenvalue weighted by Crippen LogP contribution is -2.21. The molecule has 16 heavy (non-hydrogen) atoms. The lowest BCUT2D eigenvalue weighted by molar-refractivity contribution is -0.514. The van der Waals surface area contributed by atoms with Crippen molar-refractivity contribution < 1.29 is 29.1 Å². The molecule has 6 heteroatoms. The van der Waals surface area contributed by atoms with E-state index in [0.717, 1.165) is 0 Å². The van der Waals surface area contributed by atoms with E-state index in [2.05, 4.69) is 26.1 Å². The van der Waals surface area contributed by atoms with E-state index in [0.29, 0.717) is 6.61 Å². The molecule has 0 atom stereocenters. The molecular weight excluding hydrogens is 216 g/mol. The van der Waals surface area contributed by atoms with E-state index < -0.39 is 11.8 Å². The quantitative estimate of drug-likeness (QED) is 0.221. The van der Waals surface area contributed by atoms with E-state index in [4.69, 9.17) is 4.74 Å². The molecule has 0 radical (unpaired) electrons. The molecule has 0 aliphatic heterocycles. The number of carbonyl (C=O) groups excluding carboxylic acids is 1. The smallest absolute Gasteiger partial charge is 0.430 e. The van der Waals surface area contributed by atoms with Gasteiger partial charge < -0.3 is 9.47 Å². The molecule has 0 aromatic carbocycles. The van der Waals surface area contributed by atoms with Crippen LogP contribution < -0.4 is 0 Å². The third kappa shape index (κ3) is 11.0. The van der Waals surface area contributed by atoms with E-state index >= 15 is 0 Å². The van der Waals surface area contributed by atoms with E-state index in [1.165, 1.54) is 0 Å². The normalized spacial score (nSPS) is 10.9. The highest BCUT2D eigenvalue weighted by Gasteiger charge is 2.14. The molecule has 0 amide bonds. The maximum atomic E-state index is 10.8. The first-order chi connectivity index (χ1) is 7.45. The minimum atomic E-state index is -0.980. The summed E-state index contributed by atoms with van der Waals surface area (Å²) in [7, 11) is 0. The summed E-state index contributed by atoms with van der Waals surface area (Å²) < 4.78 is 9.55. The van der Waals surface area contributed by atoms with Crippen molar-refractivity contribution in [3.63, 3.8) is 0 Å². The van der Waals surface area contributed by atoms with Crippen LogP contribution >= 0.6 is 0 Å². The third-order valence-corrected chi connectivity index (χ3v) is 1.07. The van der Waals surface area contributed by atoms with Gasteiger partial charge in [-0.15, -0.1) is 6.58 Å². The molecule has 0 aromatic heterocycles. The Bertz CT molecular complexity index is 208. The standard InChI is InChI=1S/C10H18O6/c1-5-6-12-7-8-13-9(11)14-16-15-10(2,3)4/h5H,1,6-8H2,2-4H3. The second-order valence-corrected chi connectivity index (χ2v) is 3.81. The van der Waals surface area contributed by atoms with Crippen molar-refractivity contribution >= 4 is 6.16 Å². The van der Waals surface area contributed by atoms with E-state index in [-0.39, 0.29) is 13.2 Å². The van der Waals surface area contributed by atoms with Crippen LogP contribution in [0, 0.1) is 0 Å². The monoisotopic (exact) mass is 234 g/mol. The fourth-order valence-corrected chi connectivity index (χ4v) is 0.521. The van der Waals surface area contributed by atoms with Crippen molar-refractivity contribution in [1.82, 2.24) is 0 Å². The van der Waals surface area contributed by atoms with Gasteiger partial charge in [-0.05, 0) is 25.8 Å². The van der Waals surface area contributed by atoms with Gasteiger partial charge in [0.25, 0.3) is 0 Å². The number of rotatable bonds is 7. The molecule has 0 aliphatic carbocycles. The Labute approximate surface area is 94.9 Å². The Morgan fingerprint density at radius 3 is 2.56 bits per heavy atom. The number of hydrogen-bond acceptors (Lipinski definition) is 6. The lowest BCUT2D eigenvalue weighted by Gasteiger charge is -2.15. The summed E-state index contributed by atoms with van der Waals surface area (Å²) in [6, 6.07) is 0. The summed E-state index contributed by atoms with van der Waals surface area (Å²) in [4.78, 5) is 19.7. The van der Waals surface area contributed by atoms with Crippen molar-refractivity contribution in [2.75, 3.05) is 19.8 Å². The molecular formula is C10H18O6. The molecule has 0 saturated heterocycles. The maximum Gasteiger partial charge on any atom is 0.542 e. The molecule has 94 valence electrons. The van der Waals surface area contributed by atoms with Gasteiger partial charge >= 0.3 is 6.16 Å². The average Bonchev–Trinajstić information content (AvgIpc) is 2.15. The van der Waals surface area contributed by atoms with Gasteiger partial charge in [0.2, 0.25) is 0 Å². The molecule has 0 rings (SSSR count). The van der Waals surface area contributed by atoms with E-state index in [1.54, 1.807) is 26.8 Å². The zero-order chi connectivity index (χ0) is 12.4. The number of hydrogen-bond donors (Lipinski definition) is 0. The zero-order valence-electron chi connectivity index (χ0n) is 9.86. The van der Waals surface area contributed by atoms with Gasteiger partial charge in [0.05, 0.1) is 18.8 Å². The van der Waals surface area contributed by atoms with E-state index in [1.807, 2.05) is 0 Å². The Hall–Kier alpha value is -1.11. The first kappa shape index (κ1) is 14.9. The van der Waals surface area contributed by atoms with Crippen LogP contribution in [0.2, 0.25) is 0 Å². The Balaban J connectivity index is 3.35. The molecule has 0 bridgehead atoms. The van der Waals surface area contributed by atoms with Gasteiger partial charge in [-0.2, -0.15) is 4.89 Å². The second-order valence-electron chi connectivity index (χ2n) is 3.81. The van der Waals surface area contributed by atoms with Crippen LogP contribution in [0.5, 0.6) is 0 Å². The minimum absolute atomic E-state index is 0.0750. The zero-order valence-corrected chi connectivity index (χ0v) is 9.86. The Morgan fingerprint density at radius 2 is 2.00 bits per heavy atom. The van der Waals surface area contributed by atoms with Crippen molar-refractivity contribution in [3.05, 3.63) is 12.7 Å². The SMILES string of the molecule is C=CCOCCOC(=O)OOOC(C)(C)C. The number of carbonyl (C=O) groups is 1. The van der Waals surface area contributed by atoms with E-state index in [9.17, 15) is 4.79 Å². The third-order valence-electron chi connectivity index (χ3n) is 1.07. The van der Waals surface area contributed by atoms with Gasteiger partial charge in [-0.25, -0.2) is 9.68 Å². The fraction of sp³-hybridized carbons (Fsp3) is 0.700. The van der Waals surface area contributed by atoms with Crippen LogP contribution in [0.1, 0.15) is 20.8 Å². The molecule has 0 N–H and O–H groups in total. The predicted molar refractivity (Wildman–Crippen MR) is 55.4 cm³/mol. The lowest BCUT2D eigenvalue weighted by atomic mass is 10.2. The van der Waals surface area contributed by atoms with Crippen LogP contribution in [0.3, 0.4) is 0 Å². The molecule has 0 heterocycles.